The molecule has 1 amide bonds. The van der Waals surface area contributed by atoms with E-state index in [-0.39, 0.29) is 10.8 Å². The Morgan fingerprint density at radius 3 is 2.10 bits per heavy atom. The van der Waals surface area contributed by atoms with Gasteiger partial charge >= 0.3 is 0 Å². The van der Waals surface area contributed by atoms with Crippen LogP contribution in [0.4, 0.5) is 0 Å². The lowest BCUT2D eigenvalue weighted by Gasteiger charge is -2.32. The number of carbonyl (C=O) groups excluding carboxylic acids is 1. The summed E-state index contributed by atoms with van der Waals surface area (Å²) in [5.74, 6) is -0.240. The molecule has 2 aromatic rings. The van der Waals surface area contributed by atoms with Crippen LogP contribution < -0.4 is 11.1 Å². The van der Waals surface area contributed by atoms with Crippen molar-refractivity contribution in [3.63, 3.8) is 0 Å². The summed E-state index contributed by atoms with van der Waals surface area (Å²) >= 11 is 0. The van der Waals surface area contributed by atoms with Gasteiger partial charge in [0, 0.05) is 12.7 Å². The van der Waals surface area contributed by atoms with E-state index in [1.54, 1.807) is 24.3 Å². The maximum Gasteiger partial charge on any atom is 0.241 e. The van der Waals surface area contributed by atoms with Crippen LogP contribution in [0.1, 0.15) is 37.7 Å². The predicted octanol–water partition coefficient (Wildman–Crippen LogP) is 2.97. The van der Waals surface area contributed by atoms with Crippen LogP contribution in [0.3, 0.4) is 0 Å². The lowest BCUT2D eigenvalue weighted by molar-refractivity contribution is -0.127. The molecule has 0 saturated heterocycles. The number of sulfone groups is 1. The Bertz CT molecular complexity index is 1030. The lowest BCUT2D eigenvalue weighted by Crippen LogP contribution is -2.57. The van der Waals surface area contributed by atoms with E-state index in [1.807, 2.05) is 24.3 Å². The third-order valence-corrected chi connectivity index (χ3v) is 6.80. The van der Waals surface area contributed by atoms with Crippen molar-refractivity contribution < 1.29 is 13.2 Å². The average molecular weight is 426 g/mol. The van der Waals surface area contributed by atoms with Crippen molar-refractivity contribution in [1.82, 2.24) is 5.32 Å². The highest BCUT2D eigenvalue weighted by Crippen LogP contribution is 2.26. The van der Waals surface area contributed by atoms with E-state index in [1.165, 1.54) is 6.26 Å². The van der Waals surface area contributed by atoms with Gasteiger partial charge in [-0.15, -0.1) is 0 Å². The van der Waals surface area contributed by atoms with Crippen LogP contribution in [0.5, 0.6) is 0 Å². The van der Waals surface area contributed by atoms with Crippen molar-refractivity contribution in [3.8, 4) is 17.2 Å². The molecule has 1 fully saturated rings. The first-order valence-electron chi connectivity index (χ1n) is 10.1. The van der Waals surface area contributed by atoms with Gasteiger partial charge in [0.2, 0.25) is 5.91 Å². The van der Waals surface area contributed by atoms with Gasteiger partial charge in [-0.3, -0.25) is 4.79 Å². The van der Waals surface area contributed by atoms with E-state index >= 15 is 0 Å². The Morgan fingerprint density at radius 2 is 1.60 bits per heavy atom. The second-order valence-electron chi connectivity index (χ2n) is 8.07. The number of carbonyl (C=O) groups is 1. The lowest BCUT2D eigenvalue weighted by atomic mass is 9.81. The molecule has 6 nitrogen and oxygen atoms in total. The summed E-state index contributed by atoms with van der Waals surface area (Å²) < 4.78 is 23.2. The Labute approximate surface area is 178 Å². The summed E-state index contributed by atoms with van der Waals surface area (Å²) in [7, 11) is -3.22. The SMILES string of the molecule is CS(=O)(=O)c1ccc(-c2ccc(CC(C#N)NC(=O)C3(N)CCCCC3)cc2)cc1. The van der Waals surface area contributed by atoms with Crippen LogP contribution in [-0.4, -0.2) is 32.2 Å². The molecule has 2 aromatic carbocycles. The van der Waals surface area contributed by atoms with E-state index < -0.39 is 21.4 Å². The number of rotatable bonds is 6. The predicted molar refractivity (Wildman–Crippen MR) is 116 cm³/mol. The molecule has 1 unspecified atom stereocenters. The Balaban J connectivity index is 1.65. The number of nitrogens with two attached hydrogens (primary N) is 1. The van der Waals surface area contributed by atoms with Crippen molar-refractivity contribution in [1.29, 1.82) is 5.26 Å². The van der Waals surface area contributed by atoms with E-state index in [9.17, 15) is 18.5 Å². The van der Waals surface area contributed by atoms with Crippen molar-refractivity contribution in [2.45, 2.75) is 55.0 Å². The monoisotopic (exact) mass is 425 g/mol. The summed E-state index contributed by atoms with van der Waals surface area (Å²) in [6.45, 7) is 0. The third-order valence-electron chi connectivity index (χ3n) is 5.67. The molecule has 0 heterocycles. The summed E-state index contributed by atoms with van der Waals surface area (Å²) in [6, 6.07) is 15.9. The van der Waals surface area contributed by atoms with Gasteiger partial charge in [0.25, 0.3) is 0 Å². The molecule has 1 aliphatic rings. The largest absolute Gasteiger partial charge is 0.338 e. The van der Waals surface area contributed by atoms with E-state index in [0.29, 0.717) is 19.3 Å². The molecular weight excluding hydrogens is 398 g/mol. The first-order valence-corrected chi connectivity index (χ1v) is 12.0. The van der Waals surface area contributed by atoms with Crippen molar-refractivity contribution in [2.24, 2.45) is 5.73 Å². The third kappa shape index (κ3) is 5.26. The fourth-order valence-corrected chi connectivity index (χ4v) is 4.43. The highest BCUT2D eigenvalue weighted by atomic mass is 32.2. The highest BCUT2D eigenvalue weighted by molar-refractivity contribution is 7.90. The molecular formula is C23H27N3O3S. The normalized spacial score (nSPS) is 17.0. The molecule has 0 spiro atoms. The van der Waals surface area contributed by atoms with Gasteiger partial charge in [0.15, 0.2) is 9.84 Å². The van der Waals surface area contributed by atoms with Gasteiger partial charge in [-0.05, 0) is 41.7 Å². The van der Waals surface area contributed by atoms with Gasteiger partial charge in [0.05, 0.1) is 16.5 Å². The van der Waals surface area contributed by atoms with Crippen molar-refractivity contribution >= 4 is 15.7 Å². The Hall–Kier alpha value is -2.69. The fourth-order valence-electron chi connectivity index (χ4n) is 3.80. The molecule has 0 radical (unpaired) electrons. The van der Waals surface area contributed by atoms with Crippen molar-refractivity contribution in [2.75, 3.05) is 6.26 Å². The minimum Gasteiger partial charge on any atom is -0.338 e. The number of amides is 1. The summed E-state index contributed by atoms with van der Waals surface area (Å²) in [6.07, 6.45) is 5.86. The molecule has 0 aliphatic heterocycles. The van der Waals surface area contributed by atoms with Crippen LogP contribution in [0.2, 0.25) is 0 Å². The number of hydrogen-bond donors (Lipinski definition) is 2. The first-order chi connectivity index (χ1) is 14.2. The zero-order valence-electron chi connectivity index (χ0n) is 17.1. The van der Waals surface area contributed by atoms with Gasteiger partial charge < -0.3 is 11.1 Å². The molecule has 7 heteroatoms. The van der Waals surface area contributed by atoms with Crippen LogP contribution in [0.15, 0.2) is 53.4 Å². The van der Waals surface area contributed by atoms with Crippen LogP contribution in [0.25, 0.3) is 11.1 Å². The smallest absolute Gasteiger partial charge is 0.241 e. The maximum absolute atomic E-state index is 12.6. The van der Waals surface area contributed by atoms with Gasteiger partial charge in [-0.2, -0.15) is 5.26 Å². The van der Waals surface area contributed by atoms with Gasteiger partial charge in [-0.1, -0.05) is 55.7 Å². The Kier molecular flexibility index (Phi) is 6.59. The number of nitrogens with one attached hydrogen (secondary N) is 1. The van der Waals surface area contributed by atoms with E-state index in [0.717, 1.165) is 36.0 Å². The first kappa shape index (κ1) is 22.0. The number of benzene rings is 2. The van der Waals surface area contributed by atoms with E-state index in [4.69, 9.17) is 5.73 Å². The maximum atomic E-state index is 12.6. The highest BCUT2D eigenvalue weighted by Gasteiger charge is 2.36. The van der Waals surface area contributed by atoms with E-state index in [2.05, 4.69) is 11.4 Å². The zero-order valence-corrected chi connectivity index (χ0v) is 17.9. The zero-order chi connectivity index (χ0) is 21.8. The second kappa shape index (κ2) is 8.99. The van der Waals surface area contributed by atoms with Crippen LogP contribution in [0, 0.1) is 11.3 Å². The van der Waals surface area contributed by atoms with Gasteiger partial charge in [-0.25, -0.2) is 8.42 Å². The molecule has 1 saturated carbocycles. The molecule has 1 aliphatic carbocycles. The molecule has 158 valence electrons. The quantitative estimate of drug-likeness (QED) is 0.739. The summed E-state index contributed by atoms with van der Waals surface area (Å²) in [5.41, 5.74) is 8.17. The summed E-state index contributed by atoms with van der Waals surface area (Å²) in [5, 5.41) is 12.3. The average Bonchev–Trinajstić information content (AvgIpc) is 2.73. The Morgan fingerprint density at radius 1 is 1.07 bits per heavy atom. The molecule has 30 heavy (non-hydrogen) atoms. The van der Waals surface area contributed by atoms with Crippen LogP contribution in [-0.2, 0) is 21.1 Å². The van der Waals surface area contributed by atoms with Crippen molar-refractivity contribution in [3.05, 3.63) is 54.1 Å². The minimum atomic E-state index is -3.22. The number of hydrogen-bond acceptors (Lipinski definition) is 5. The topological polar surface area (TPSA) is 113 Å². The fraction of sp³-hybridized carbons (Fsp3) is 0.391. The van der Waals surface area contributed by atoms with Gasteiger partial charge in [0.1, 0.15) is 6.04 Å². The molecule has 3 N–H and O–H groups in total. The molecule has 0 aromatic heterocycles. The number of nitriles is 1. The molecule has 3 rings (SSSR count). The molecule has 0 bridgehead atoms. The minimum absolute atomic E-state index is 0.240. The second-order valence-corrected chi connectivity index (χ2v) is 10.1. The van der Waals surface area contributed by atoms with Crippen LogP contribution >= 0.6 is 0 Å². The standard InChI is InChI=1S/C23H27N3O3S/c1-30(28,29)21-11-9-19(10-12-21)18-7-5-17(6-8-18)15-20(16-24)26-22(27)23(25)13-3-2-4-14-23/h5-12,20H,2-4,13-15,25H2,1H3,(H,26,27). The number of nitrogens with zero attached hydrogens (tertiary/aromatic N) is 1. The summed E-state index contributed by atoms with van der Waals surface area (Å²) in [4.78, 5) is 12.9. The molecule has 1 atom stereocenters.